The minimum Gasteiger partial charge on any atom is -0.496 e. The molecule has 0 atom stereocenters. The van der Waals surface area contributed by atoms with Crippen LogP contribution in [0, 0.1) is 0 Å². The molecule has 0 fully saturated rings. The zero-order valence-electron chi connectivity index (χ0n) is 5.86. The van der Waals surface area contributed by atoms with Crippen molar-refractivity contribution in [1.82, 2.24) is 0 Å². The van der Waals surface area contributed by atoms with Gasteiger partial charge >= 0.3 is 6.18 Å². The van der Waals surface area contributed by atoms with Gasteiger partial charge in [0.2, 0.25) is 0 Å². The van der Waals surface area contributed by atoms with E-state index in [0.717, 1.165) is 11.8 Å². The number of hydrogen-bond acceptors (Lipinski definition) is 2. The molecule has 0 spiro atoms. The van der Waals surface area contributed by atoms with E-state index in [1.807, 2.05) is 0 Å². The van der Waals surface area contributed by atoms with Crippen LogP contribution in [-0.4, -0.2) is 18.5 Å². The van der Waals surface area contributed by atoms with Gasteiger partial charge < -0.3 is 4.74 Å². The number of hydrogen-bond donors (Lipinski definition) is 0. The molecule has 0 N–H and O–H groups in total. The van der Waals surface area contributed by atoms with Gasteiger partial charge in [-0.2, -0.15) is 13.2 Å². The first-order valence-electron chi connectivity index (χ1n) is 3.05. The molecule has 64 valence electrons. The van der Waals surface area contributed by atoms with Crippen molar-refractivity contribution in [3.05, 3.63) is 10.7 Å². The second-order valence-corrected chi connectivity index (χ2v) is 3.19. The maximum absolute atomic E-state index is 12.0. The van der Waals surface area contributed by atoms with Crippen LogP contribution < -0.4 is 0 Å². The summed E-state index contributed by atoms with van der Waals surface area (Å²) in [7, 11) is 0. The van der Waals surface area contributed by atoms with Crippen LogP contribution in [0.25, 0.3) is 0 Å². The first-order chi connectivity index (χ1) is 5.02. The summed E-state index contributed by atoms with van der Waals surface area (Å²) >= 11 is 0.808. The molecule has 0 saturated carbocycles. The Balaban J connectivity index is 2.83. The molecule has 0 radical (unpaired) electrons. The molecule has 0 aliphatic carbocycles. The molecule has 0 saturated heterocycles. The third-order valence-corrected chi connectivity index (χ3v) is 2.40. The SMILES string of the molecule is CC1=C(C(F)(F)F)SCCO1. The van der Waals surface area contributed by atoms with Gasteiger partial charge in [0, 0.05) is 5.75 Å². The van der Waals surface area contributed by atoms with E-state index in [1.54, 1.807) is 0 Å². The van der Waals surface area contributed by atoms with Gasteiger partial charge in [-0.3, -0.25) is 0 Å². The number of ether oxygens (including phenoxy) is 1. The number of thioether (sulfide) groups is 1. The standard InChI is InChI=1S/C6H7F3OS/c1-4-5(6(7,8)9)11-3-2-10-4/h2-3H2,1H3. The highest BCUT2D eigenvalue weighted by atomic mass is 32.2. The number of rotatable bonds is 0. The molecule has 0 unspecified atom stereocenters. The summed E-state index contributed by atoms with van der Waals surface area (Å²) < 4.78 is 40.9. The Labute approximate surface area is 66.6 Å². The molecule has 1 aliphatic heterocycles. The number of allylic oxidation sites excluding steroid dienone is 2. The molecule has 0 aromatic carbocycles. The lowest BCUT2D eigenvalue weighted by Gasteiger charge is -2.19. The van der Waals surface area contributed by atoms with E-state index < -0.39 is 11.1 Å². The van der Waals surface area contributed by atoms with E-state index in [4.69, 9.17) is 4.74 Å². The van der Waals surface area contributed by atoms with E-state index >= 15 is 0 Å². The van der Waals surface area contributed by atoms with Gasteiger partial charge in [0.1, 0.15) is 10.7 Å². The van der Waals surface area contributed by atoms with Crippen LogP contribution in [0.3, 0.4) is 0 Å². The summed E-state index contributed by atoms with van der Waals surface area (Å²) in [6.45, 7) is 1.71. The molecule has 1 nitrogen and oxygen atoms in total. The first kappa shape index (κ1) is 8.77. The molecule has 0 amide bonds. The minimum absolute atomic E-state index is 0.00579. The van der Waals surface area contributed by atoms with Gasteiger partial charge in [-0.1, -0.05) is 0 Å². The molecule has 1 heterocycles. The quantitative estimate of drug-likeness (QED) is 0.572. The average molecular weight is 184 g/mol. The van der Waals surface area contributed by atoms with Gasteiger partial charge in [-0.05, 0) is 6.92 Å². The third-order valence-electron chi connectivity index (χ3n) is 1.23. The fourth-order valence-corrected chi connectivity index (χ4v) is 1.58. The van der Waals surface area contributed by atoms with Crippen molar-refractivity contribution in [2.24, 2.45) is 0 Å². The Hall–Kier alpha value is -0.320. The first-order valence-corrected chi connectivity index (χ1v) is 4.04. The highest BCUT2D eigenvalue weighted by Crippen LogP contribution is 2.38. The Morgan fingerprint density at radius 1 is 1.45 bits per heavy atom. The van der Waals surface area contributed by atoms with Gasteiger partial charge in [0.05, 0.1) is 6.61 Å². The van der Waals surface area contributed by atoms with E-state index in [9.17, 15) is 13.2 Å². The maximum atomic E-state index is 12.0. The summed E-state index contributed by atoms with van der Waals surface area (Å²) in [6.07, 6.45) is -4.24. The smallest absolute Gasteiger partial charge is 0.425 e. The van der Waals surface area contributed by atoms with Crippen LogP contribution in [0.5, 0.6) is 0 Å². The van der Waals surface area contributed by atoms with Crippen molar-refractivity contribution >= 4 is 11.8 Å². The van der Waals surface area contributed by atoms with Gasteiger partial charge in [-0.15, -0.1) is 11.8 Å². The molecule has 1 aliphatic rings. The second-order valence-electron chi connectivity index (χ2n) is 2.08. The van der Waals surface area contributed by atoms with Crippen LogP contribution in [0.15, 0.2) is 10.7 Å². The van der Waals surface area contributed by atoms with E-state index in [1.165, 1.54) is 6.92 Å². The summed E-state index contributed by atoms with van der Waals surface area (Å²) in [5.41, 5.74) is 0. The van der Waals surface area contributed by atoms with Crippen LogP contribution in [0.1, 0.15) is 6.92 Å². The van der Waals surface area contributed by atoms with Gasteiger partial charge in [0.25, 0.3) is 0 Å². The lowest BCUT2D eigenvalue weighted by atomic mass is 10.4. The van der Waals surface area contributed by atoms with Crippen molar-refractivity contribution < 1.29 is 17.9 Å². The summed E-state index contributed by atoms with van der Waals surface area (Å²) in [5.74, 6) is 0.375. The highest BCUT2D eigenvalue weighted by Gasteiger charge is 2.37. The maximum Gasteiger partial charge on any atom is 0.425 e. The number of alkyl halides is 3. The Morgan fingerprint density at radius 2 is 2.09 bits per heavy atom. The zero-order chi connectivity index (χ0) is 8.48. The van der Waals surface area contributed by atoms with Crippen LogP contribution in [0.4, 0.5) is 13.2 Å². The molecule has 0 aromatic rings. The van der Waals surface area contributed by atoms with Crippen molar-refractivity contribution in [2.75, 3.05) is 12.4 Å². The predicted molar refractivity (Wildman–Crippen MR) is 37.2 cm³/mol. The summed E-state index contributed by atoms with van der Waals surface area (Å²) in [5, 5.41) is 0. The van der Waals surface area contributed by atoms with Crippen molar-refractivity contribution in [3.63, 3.8) is 0 Å². The van der Waals surface area contributed by atoms with Gasteiger partial charge in [-0.25, -0.2) is 0 Å². The normalized spacial score (nSPS) is 20.0. The predicted octanol–water partition coefficient (Wildman–Crippen LogP) is 2.54. The minimum atomic E-state index is -4.24. The van der Waals surface area contributed by atoms with Crippen LogP contribution in [-0.2, 0) is 4.74 Å². The molecular formula is C6H7F3OS. The monoisotopic (exact) mass is 184 g/mol. The molecular weight excluding hydrogens is 177 g/mol. The molecule has 5 heteroatoms. The average Bonchev–Trinajstić information content (AvgIpc) is 1.86. The fraction of sp³-hybridized carbons (Fsp3) is 0.667. The van der Waals surface area contributed by atoms with E-state index in [-0.39, 0.29) is 5.76 Å². The van der Waals surface area contributed by atoms with Gasteiger partial charge in [0.15, 0.2) is 0 Å². The molecule has 1 rings (SSSR count). The zero-order valence-corrected chi connectivity index (χ0v) is 6.68. The lowest BCUT2D eigenvalue weighted by Crippen LogP contribution is -2.17. The molecule has 0 aromatic heterocycles. The lowest BCUT2D eigenvalue weighted by molar-refractivity contribution is -0.0873. The largest absolute Gasteiger partial charge is 0.496 e. The second kappa shape index (κ2) is 2.97. The summed E-state index contributed by atoms with van der Waals surface area (Å²) in [4.78, 5) is -0.594. The van der Waals surface area contributed by atoms with Crippen LogP contribution >= 0.6 is 11.8 Å². The number of halogens is 3. The Kier molecular flexibility index (Phi) is 2.37. The van der Waals surface area contributed by atoms with E-state index in [2.05, 4.69) is 0 Å². The molecule has 0 bridgehead atoms. The van der Waals surface area contributed by atoms with Crippen LogP contribution in [0.2, 0.25) is 0 Å². The Bertz CT molecular complexity index is 185. The highest BCUT2D eigenvalue weighted by molar-refractivity contribution is 8.03. The third kappa shape index (κ3) is 2.05. The van der Waals surface area contributed by atoms with Crippen molar-refractivity contribution in [3.8, 4) is 0 Å². The fourth-order valence-electron chi connectivity index (χ4n) is 0.787. The summed E-state index contributed by atoms with van der Waals surface area (Å²) in [6, 6.07) is 0. The topological polar surface area (TPSA) is 9.23 Å². The van der Waals surface area contributed by atoms with Crippen molar-refractivity contribution in [2.45, 2.75) is 13.1 Å². The van der Waals surface area contributed by atoms with Crippen molar-refractivity contribution in [1.29, 1.82) is 0 Å². The molecule has 11 heavy (non-hydrogen) atoms. The Morgan fingerprint density at radius 3 is 2.45 bits per heavy atom. The van der Waals surface area contributed by atoms with E-state index in [0.29, 0.717) is 12.4 Å².